The van der Waals surface area contributed by atoms with Crippen LogP contribution < -0.4 is 0 Å². The molecule has 21 heavy (non-hydrogen) atoms. The summed E-state index contributed by atoms with van der Waals surface area (Å²) in [5.74, 6) is 1.47. The van der Waals surface area contributed by atoms with Gasteiger partial charge in [0.2, 0.25) is 4.96 Å². The van der Waals surface area contributed by atoms with Crippen molar-refractivity contribution >= 4 is 27.9 Å². The lowest BCUT2D eigenvalue weighted by molar-refractivity contribution is 0.535. The molecule has 1 aromatic carbocycles. The summed E-state index contributed by atoms with van der Waals surface area (Å²) in [5, 5.41) is 14.5. The zero-order valence-electron chi connectivity index (χ0n) is 10.9. The van der Waals surface area contributed by atoms with E-state index in [1.807, 2.05) is 37.3 Å². The Kier molecular flexibility index (Phi) is 2.80. The Bertz CT molecular complexity index is 939. The van der Waals surface area contributed by atoms with Gasteiger partial charge in [0.1, 0.15) is 10.8 Å². The van der Waals surface area contributed by atoms with E-state index in [2.05, 4.69) is 15.3 Å². The molecule has 0 fully saturated rings. The predicted octanol–water partition coefficient (Wildman–Crippen LogP) is 4.07. The highest BCUT2D eigenvalue weighted by molar-refractivity contribution is 7.19. The molecule has 5 nitrogen and oxygen atoms in total. The Labute approximate surface area is 128 Å². The largest absolute Gasteiger partial charge is 0.469 e. The lowest BCUT2D eigenvalue weighted by Gasteiger charge is -1.96. The monoisotopic (exact) mass is 316 g/mol. The Hall–Kier alpha value is -2.18. The average Bonchev–Trinajstić information content (AvgIpc) is 3.13. The first-order valence-corrected chi connectivity index (χ1v) is 7.44. The third kappa shape index (κ3) is 2.03. The number of fused-ring (bicyclic) bond motifs is 1. The zero-order chi connectivity index (χ0) is 14.4. The molecular formula is C14H9ClN4OS. The maximum atomic E-state index is 6.03. The topological polar surface area (TPSA) is 56.2 Å². The van der Waals surface area contributed by atoms with Crippen molar-refractivity contribution < 1.29 is 4.42 Å². The Morgan fingerprint density at radius 3 is 2.90 bits per heavy atom. The van der Waals surface area contributed by atoms with Crippen LogP contribution in [0.2, 0.25) is 5.02 Å². The molecule has 0 aliphatic rings. The van der Waals surface area contributed by atoms with Gasteiger partial charge in [0, 0.05) is 10.6 Å². The second kappa shape index (κ2) is 4.68. The van der Waals surface area contributed by atoms with Crippen LogP contribution in [0.15, 0.2) is 41.0 Å². The fraction of sp³-hybridized carbons (Fsp3) is 0.0714. The lowest BCUT2D eigenvalue weighted by Crippen LogP contribution is -1.91. The first-order chi connectivity index (χ1) is 10.2. The van der Waals surface area contributed by atoms with E-state index in [0.717, 1.165) is 26.9 Å². The molecule has 104 valence electrons. The molecule has 0 saturated carbocycles. The fourth-order valence-corrected chi connectivity index (χ4v) is 3.17. The van der Waals surface area contributed by atoms with Gasteiger partial charge < -0.3 is 4.42 Å². The smallest absolute Gasteiger partial charge is 0.235 e. The lowest BCUT2D eigenvalue weighted by atomic mass is 10.2. The van der Waals surface area contributed by atoms with Crippen molar-refractivity contribution in [3.63, 3.8) is 0 Å². The van der Waals surface area contributed by atoms with Crippen LogP contribution in [0.3, 0.4) is 0 Å². The molecular weight excluding hydrogens is 308 g/mol. The van der Waals surface area contributed by atoms with E-state index in [-0.39, 0.29) is 0 Å². The highest BCUT2D eigenvalue weighted by Crippen LogP contribution is 2.30. The summed E-state index contributed by atoms with van der Waals surface area (Å²) in [6, 6.07) is 9.47. The molecule has 0 spiro atoms. The van der Waals surface area contributed by atoms with Gasteiger partial charge in [-0.05, 0) is 25.1 Å². The second-order valence-corrected chi connectivity index (χ2v) is 5.92. The minimum atomic E-state index is 0.681. The number of benzene rings is 1. The van der Waals surface area contributed by atoms with Gasteiger partial charge in [0.15, 0.2) is 5.82 Å². The highest BCUT2D eigenvalue weighted by Gasteiger charge is 2.17. The minimum Gasteiger partial charge on any atom is -0.469 e. The van der Waals surface area contributed by atoms with Crippen molar-refractivity contribution in [1.82, 2.24) is 19.8 Å². The predicted molar refractivity (Wildman–Crippen MR) is 81.5 cm³/mol. The normalized spacial score (nSPS) is 11.3. The number of aromatic nitrogens is 4. The van der Waals surface area contributed by atoms with Crippen LogP contribution in [0, 0.1) is 6.92 Å². The van der Waals surface area contributed by atoms with Crippen LogP contribution in [0.1, 0.15) is 5.76 Å². The number of rotatable bonds is 2. The molecule has 0 saturated heterocycles. The third-order valence-corrected chi connectivity index (χ3v) is 4.35. The summed E-state index contributed by atoms with van der Waals surface area (Å²) in [7, 11) is 0. The summed E-state index contributed by atoms with van der Waals surface area (Å²) < 4.78 is 7.06. The van der Waals surface area contributed by atoms with Crippen molar-refractivity contribution in [3.05, 3.63) is 47.4 Å². The molecule has 4 rings (SSSR count). The summed E-state index contributed by atoms with van der Waals surface area (Å²) in [5.41, 5.74) is 1.86. The van der Waals surface area contributed by atoms with Crippen LogP contribution in [0.4, 0.5) is 0 Å². The first kappa shape index (κ1) is 12.6. The summed E-state index contributed by atoms with van der Waals surface area (Å²) >= 11 is 7.50. The van der Waals surface area contributed by atoms with E-state index in [1.165, 1.54) is 11.3 Å². The fourth-order valence-electron chi connectivity index (χ4n) is 2.14. The maximum absolute atomic E-state index is 6.03. The van der Waals surface area contributed by atoms with E-state index < -0.39 is 0 Å². The van der Waals surface area contributed by atoms with Crippen LogP contribution in [-0.4, -0.2) is 19.8 Å². The van der Waals surface area contributed by atoms with Gasteiger partial charge in [0.25, 0.3) is 0 Å². The molecule has 0 N–H and O–H groups in total. The molecule has 0 amide bonds. The van der Waals surface area contributed by atoms with Crippen LogP contribution in [0.5, 0.6) is 0 Å². The van der Waals surface area contributed by atoms with Crippen molar-refractivity contribution in [2.24, 2.45) is 0 Å². The molecule has 0 aliphatic heterocycles. The van der Waals surface area contributed by atoms with Crippen molar-refractivity contribution in [3.8, 4) is 22.0 Å². The summed E-state index contributed by atoms with van der Waals surface area (Å²) in [6.45, 7) is 1.89. The van der Waals surface area contributed by atoms with E-state index in [1.54, 1.807) is 10.8 Å². The quantitative estimate of drug-likeness (QED) is 0.559. The van der Waals surface area contributed by atoms with Crippen LogP contribution in [0.25, 0.3) is 26.9 Å². The Morgan fingerprint density at radius 1 is 1.24 bits per heavy atom. The van der Waals surface area contributed by atoms with Gasteiger partial charge in [-0.3, -0.25) is 0 Å². The average molecular weight is 317 g/mol. The number of nitrogens with zero attached hydrogens (tertiary/aromatic N) is 4. The maximum Gasteiger partial charge on any atom is 0.235 e. The van der Waals surface area contributed by atoms with Crippen molar-refractivity contribution in [2.75, 3.05) is 0 Å². The number of halogens is 1. The standard InChI is InChI=1S/C14H9ClN4OS/c1-8-11(5-6-20-8)12-16-17-14-19(12)18-13(21-14)9-3-2-4-10(15)7-9/h2-7H,1H3. The van der Waals surface area contributed by atoms with Gasteiger partial charge in [-0.2, -0.15) is 9.61 Å². The third-order valence-electron chi connectivity index (χ3n) is 3.16. The second-order valence-electron chi connectivity index (χ2n) is 4.53. The highest BCUT2D eigenvalue weighted by atomic mass is 35.5. The van der Waals surface area contributed by atoms with Gasteiger partial charge in [0.05, 0.1) is 11.8 Å². The summed E-state index contributed by atoms with van der Waals surface area (Å²) in [4.78, 5) is 0.737. The number of hydrogen-bond acceptors (Lipinski definition) is 5. The Morgan fingerprint density at radius 2 is 2.14 bits per heavy atom. The number of furan rings is 1. The molecule has 3 heterocycles. The molecule has 0 aliphatic carbocycles. The van der Waals surface area contributed by atoms with E-state index in [0.29, 0.717) is 10.8 Å². The van der Waals surface area contributed by atoms with Crippen molar-refractivity contribution in [1.29, 1.82) is 0 Å². The van der Waals surface area contributed by atoms with E-state index >= 15 is 0 Å². The number of aryl methyl sites for hydroxylation is 1. The molecule has 0 unspecified atom stereocenters. The molecule has 7 heteroatoms. The number of hydrogen-bond donors (Lipinski definition) is 0. The molecule has 4 aromatic rings. The van der Waals surface area contributed by atoms with Gasteiger partial charge in [-0.25, -0.2) is 0 Å². The first-order valence-electron chi connectivity index (χ1n) is 6.25. The van der Waals surface area contributed by atoms with Crippen molar-refractivity contribution in [2.45, 2.75) is 6.92 Å². The van der Waals surface area contributed by atoms with Gasteiger partial charge in [-0.1, -0.05) is 35.1 Å². The van der Waals surface area contributed by atoms with Crippen LogP contribution in [-0.2, 0) is 0 Å². The Balaban J connectivity index is 1.88. The van der Waals surface area contributed by atoms with E-state index in [4.69, 9.17) is 16.0 Å². The molecule has 0 bridgehead atoms. The molecule has 0 radical (unpaired) electrons. The van der Waals surface area contributed by atoms with E-state index in [9.17, 15) is 0 Å². The molecule has 3 aromatic heterocycles. The molecule has 0 atom stereocenters. The minimum absolute atomic E-state index is 0.681. The summed E-state index contributed by atoms with van der Waals surface area (Å²) in [6.07, 6.45) is 1.63. The van der Waals surface area contributed by atoms with Crippen LogP contribution >= 0.6 is 22.9 Å². The van der Waals surface area contributed by atoms with Gasteiger partial charge in [-0.15, -0.1) is 10.2 Å². The SMILES string of the molecule is Cc1occc1-c1nnc2sc(-c3cccc(Cl)c3)nn12. The van der Waals surface area contributed by atoms with Gasteiger partial charge >= 0.3 is 0 Å². The zero-order valence-corrected chi connectivity index (χ0v) is 12.5.